The number of ether oxygens (including phenoxy) is 2. The molecule has 0 saturated heterocycles. The van der Waals surface area contributed by atoms with Gasteiger partial charge in [0.25, 0.3) is 0 Å². The first kappa shape index (κ1) is 27.6. The fourth-order valence-corrected chi connectivity index (χ4v) is 9.80. The van der Waals surface area contributed by atoms with Crippen molar-refractivity contribution in [3.63, 3.8) is 0 Å². The predicted molar refractivity (Wildman–Crippen MR) is 140 cm³/mol. The molecule has 0 aromatic heterocycles. The molecule has 0 spiro atoms. The predicted octanol–water partition coefficient (Wildman–Crippen LogP) is 6.90. The van der Waals surface area contributed by atoms with Gasteiger partial charge in [0.2, 0.25) is 0 Å². The van der Waals surface area contributed by atoms with Gasteiger partial charge in [0, 0.05) is 32.1 Å². The van der Waals surface area contributed by atoms with E-state index in [2.05, 4.69) is 34.6 Å². The molecule has 0 amide bonds. The molecule has 0 heterocycles. The molecule has 9 atom stereocenters. The zero-order chi connectivity index (χ0) is 26.5. The van der Waals surface area contributed by atoms with Crippen LogP contribution in [0.5, 0.6) is 0 Å². The van der Waals surface area contributed by atoms with Crippen LogP contribution in [0.15, 0.2) is 0 Å². The first-order chi connectivity index (χ1) is 16.8. The number of carbonyl (C=O) groups excluding carboxylic acids is 3. The van der Waals surface area contributed by atoms with Gasteiger partial charge in [-0.3, -0.25) is 14.4 Å². The number of Topliss-reactive ketones (excluding diaryl/α,β-unsaturated/α-hetero) is 1. The first-order valence-corrected chi connectivity index (χ1v) is 14.7. The Kier molecular flexibility index (Phi) is 7.72. The van der Waals surface area contributed by atoms with E-state index in [0.717, 1.165) is 37.0 Å². The third kappa shape index (κ3) is 4.55. The van der Waals surface area contributed by atoms with Gasteiger partial charge in [-0.25, -0.2) is 0 Å². The monoisotopic (exact) mass is 502 g/mol. The molecule has 4 aliphatic rings. The zero-order valence-corrected chi connectivity index (χ0v) is 23.9. The van der Waals surface area contributed by atoms with Gasteiger partial charge in [0.1, 0.15) is 6.10 Å². The second kappa shape index (κ2) is 10.1. The largest absolute Gasteiger partial charge is 0.462 e. The lowest BCUT2D eigenvalue weighted by Gasteiger charge is -2.63. The highest BCUT2D eigenvalue weighted by molar-refractivity contribution is 5.92. The SMILES string of the molecule is CC(=O)O[C@H]1CC[C@]2(C)[C@H]3CC[C@]4(C)[C@@H]([C@H](C)CCCC(C)C)CC[C@H]4[C@@H]3CC(=O)[C@@]2(OC(C)=O)C1. The Labute approximate surface area is 218 Å². The summed E-state index contributed by atoms with van der Waals surface area (Å²) < 4.78 is 11.6. The molecule has 4 rings (SSSR count). The minimum absolute atomic E-state index is 0.0657. The van der Waals surface area contributed by atoms with Crippen LogP contribution in [-0.4, -0.2) is 29.4 Å². The van der Waals surface area contributed by atoms with Crippen molar-refractivity contribution in [3.8, 4) is 0 Å². The van der Waals surface area contributed by atoms with Crippen molar-refractivity contribution in [1.82, 2.24) is 0 Å². The molecular formula is C31H50O5. The fraction of sp³-hybridized carbons (Fsp3) is 0.903. The standard InChI is InChI=1S/C31H50O5/c1-19(2)9-8-10-20(3)25-11-12-26-24-17-28(34)31(36-22(5)33)18-23(35-21(4)32)13-16-30(31,7)27(24)14-15-29(25,26)6/h19-20,23-27H,8-18H2,1-7H3/t20-,23+,24+,25-,26+,27+,29-,30-,31+/m1/s1. The van der Waals surface area contributed by atoms with Crippen LogP contribution in [0.4, 0.5) is 0 Å². The molecular weight excluding hydrogens is 452 g/mol. The van der Waals surface area contributed by atoms with Crippen LogP contribution in [0.1, 0.15) is 119 Å². The number of rotatable bonds is 7. The molecule has 4 fully saturated rings. The van der Waals surface area contributed by atoms with Gasteiger partial charge in [-0.2, -0.15) is 0 Å². The summed E-state index contributed by atoms with van der Waals surface area (Å²) >= 11 is 0. The van der Waals surface area contributed by atoms with Crippen molar-refractivity contribution >= 4 is 17.7 Å². The van der Waals surface area contributed by atoms with Crippen molar-refractivity contribution in [1.29, 1.82) is 0 Å². The highest BCUT2D eigenvalue weighted by Gasteiger charge is 2.70. The fourth-order valence-electron chi connectivity index (χ4n) is 9.80. The molecule has 36 heavy (non-hydrogen) atoms. The van der Waals surface area contributed by atoms with Crippen LogP contribution in [0.2, 0.25) is 0 Å². The Balaban J connectivity index is 1.59. The van der Waals surface area contributed by atoms with E-state index in [-0.39, 0.29) is 17.9 Å². The normalized spacial score (nSPS) is 42.8. The van der Waals surface area contributed by atoms with Crippen LogP contribution in [0, 0.1) is 46.3 Å². The molecule has 4 aliphatic carbocycles. The van der Waals surface area contributed by atoms with Crippen LogP contribution in [-0.2, 0) is 23.9 Å². The summed E-state index contributed by atoms with van der Waals surface area (Å²) in [6.45, 7) is 14.7. The Hall–Kier alpha value is -1.39. The average Bonchev–Trinajstić information content (AvgIpc) is 3.12. The summed E-state index contributed by atoms with van der Waals surface area (Å²) in [7, 11) is 0. The van der Waals surface area contributed by atoms with Crippen LogP contribution in [0.3, 0.4) is 0 Å². The number of hydrogen-bond acceptors (Lipinski definition) is 5. The van der Waals surface area contributed by atoms with Crippen molar-refractivity contribution in [2.24, 2.45) is 46.3 Å². The van der Waals surface area contributed by atoms with Gasteiger partial charge in [0.15, 0.2) is 11.4 Å². The molecule has 0 aliphatic heterocycles. The topological polar surface area (TPSA) is 69.7 Å². The summed E-state index contributed by atoms with van der Waals surface area (Å²) in [4.78, 5) is 38.1. The Morgan fingerprint density at radius 1 is 0.944 bits per heavy atom. The molecule has 0 bridgehead atoms. The smallest absolute Gasteiger partial charge is 0.303 e. The van der Waals surface area contributed by atoms with E-state index in [1.54, 1.807) is 0 Å². The van der Waals surface area contributed by atoms with Crippen LogP contribution >= 0.6 is 0 Å². The maximum atomic E-state index is 14.1. The molecule has 4 saturated carbocycles. The molecule has 0 unspecified atom stereocenters. The highest BCUT2D eigenvalue weighted by Crippen LogP contribution is 2.69. The van der Waals surface area contributed by atoms with E-state index in [4.69, 9.17) is 9.47 Å². The van der Waals surface area contributed by atoms with Gasteiger partial charge in [-0.05, 0) is 79.4 Å². The summed E-state index contributed by atoms with van der Waals surface area (Å²) in [6, 6.07) is 0. The highest BCUT2D eigenvalue weighted by atomic mass is 16.6. The molecule has 0 radical (unpaired) electrons. The number of fused-ring (bicyclic) bond motifs is 5. The van der Waals surface area contributed by atoms with E-state index in [9.17, 15) is 14.4 Å². The van der Waals surface area contributed by atoms with E-state index in [1.807, 2.05) is 0 Å². The summed E-state index contributed by atoms with van der Waals surface area (Å²) in [5.41, 5.74) is -1.28. The average molecular weight is 503 g/mol. The molecule has 5 nitrogen and oxygen atoms in total. The van der Waals surface area contributed by atoms with Gasteiger partial charge >= 0.3 is 11.9 Å². The first-order valence-electron chi connectivity index (χ1n) is 14.7. The third-order valence-corrected chi connectivity index (χ3v) is 11.4. The minimum atomic E-state index is -1.17. The van der Waals surface area contributed by atoms with E-state index >= 15 is 0 Å². The van der Waals surface area contributed by atoms with Crippen LogP contribution < -0.4 is 0 Å². The number of ketones is 1. The molecule has 5 heteroatoms. The maximum Gasteiger partial charge on any atom is 0.303 e. The Morgan fingerprint density at radius 3 is 2.31 bits per heavy atom. The van der Waals surface area contributed by atoms with E-state index < -0.39 is 17.0 Å². The van der Waals surface area contributed by atoms with Crippen molar-refractivity contribution in [3.05, 3.63) is 0 Å². The van der Waals surface area contributed by atoms with Gasteiger partial charge in [0.05, 0.1) is 0 Å². The molecule has 204 valence electrons. The summed E-state index contributed by atoms with van der Waals surface area (Å²) in [5.74, 6) is 2.84. The third-order valence-electron chi connectivity index (χ3n) is 11.4. The summed E-state index contributed by atoms with van der Waals surface area (Å²) in [6.07, 6.45) is 10.6. The number of hydrogen-bond donors (Lipinski definition) is 0. The quantitative estimate of drug-likeness (QED) is 0.354. The second-order valence-electron chi connectivity index (χ2n) is 13.8. The van der Waals surface area contributed by atoms with Crippen molar-refractivity contribution in [2.45, 2.75) is 131 Å². The van der Waals surface area contributed by atoms with Gasteiger partial charge in [-0.1, -0.05) is 53.9 Å². The maximum absolute atomic E-state index is 14.1. The van der Waals surface area contributed by atoms with Crippen molar-refractivity contribution in [2.75, 3.05) is 0 Å². The van der Waals surface area contributed by atoms with E-state index in [1.165, 1.54) is 52.4 Å². The molecule has 0 aromatic rings. The summed E-state index contributed by atoms with van der Waals surface area (Å²) in [5, 5.41) is 0. The van der Waals surface area contributed by atoms with Gasteiger partial charge in [-0.15, -0.1) is 0 Å². The minimum Gasteiger partial charge on any atom is -0.462 e. The molecule has 0 N–H and O–H groups in total. The number of esters is 2. The molecule has 0 aromatic carbocycles. The lowest BCUT2D eigenvalue weighted by molar-refractivity contribution is -0.230. The van der Waals surface area contributed by atoms with Gasteiger partial charge < -0.3 is 9.47 Å². The zero-order valence-electron chi connectivity index (χ0n) is 23.9. The van der Waals surface area contributed by atoms with Crippen molar-refractivity contribution < 1.29 is 23.9 Å². The lowest BCUT2D eigenvalue weighted by Crippen LogP contribution is -2.68. The second-order valence-corrected chi connectivity index (χ2v) is 13.8. The lowest BCUT2D eigenvalue weighted by atomic mass is 9.42. The number of carbonyl (C=O) groups is 3. The van der Waals surface area contributed by atoms with E-state index in [0.29, 0.717) is 36.0 Å². The Bertz CT molecular complexity index is 865. The Morgan fingerprint density at radius 2 is 1.67 bits per heavy atom. The van der Waals surface area contributed by atoms with Crippen LogP contribution in [0.25, 0.3) is 0 Å².